The molecule has 1 aromatic rings. The van der Waals surface area contributed by atoms with Crippen molar-refractivity contribution in [1.82, 2.24) is 0 Å². The molecule has 86 valence electrons. The number of hydrogen-bond donors (Lipinski definition) is 0. The average molecular weight is 324 g/mol. The van der Waals surface area contributed by atoms with Gasteiger partial charge < -0.3 is 4.74 Å². The molecule has 0 saturated heterocycles. The van der Waals surface area contributed by atoms with Crippen molar-refractivity contribution in [3.8, 4) is 5.75 Å². The molecule has 0 N–H and O–H groups in total. The first-order chi connectivity index (χ1) is 7.38. The largest absolute Gasteiger partial charge is 0.486 e. The summed E-state index contributed by atoms with van der Waals surface area (Å²) in [6.45, 7) is 1.89. The highest BCUT2D eigenvalue weighted by Crippen LogP contribution is 2.36. The van der Waals surface area contributed by atoms with Crippen LogP contribution < -0.4 is 4.74 Å². The molecule has 0 fully saturated rings. The van der Waals surface area contributed by atoms with Crippen molar-refractivity contribution in [3.63, 3.8) is 0 Å². The van der Waals surface area contributed by atoms with Crippen LogP contribution in [0.15, 0.2) is 21.5 Å². The van der Waals surface area contributed by atoms with Crippen molar-refractivity contribution >= 4 is 41.7 Å². The van der Waals surface area contributed by atoms with Gasteiger partial charge in [0, 0.05) is 16.2 Å². The Morgan fingerprint density at radius 1 is 1.44 bits per heavy atom. The molecule has 0 amide bonds. The van der Waals surface area contributed by atoms with E-state index in [1.807, 2.05) is 19.1 Å². The Morgan fingerprint density at radius 2 is 2.12 bits per heavy atom. The lowest BCUT2D eigenvalue weighted by Crippen LogP contribution is -2.12. The van der Waals surface area contributed by atoms with Gasteiger partial charge in [-0.15, -0.1) is 0 Å². The molecule has 1 heterocycles. The standard InChI is InChI=1S/C10H8BrClO3S/c1-6-2-7-4-8(16(12,13)14)5-15-10(7)9(11)3-6/h2-4H,5H2,1H3. The quantitative estimate of drug-likeness (QED) is 0.746. The van der Waals surface area contributed by atoms with Crippen LogP contribution in [0.3, 0.4) is 0 Å². The summed E-state index contributed by atoms with van der Waals surface area (Å²) in [5.74, 6) is 0.648. The Labute approximate surface area is 107 Å². The number of fused-ring (bicyclic) bond motifs is 1. The number of ether oxygens (including phenoxy) is 1. The van der Waals surface area contributed by atoms with E-state index in [-0.39, 0.29) is 11.5 Å². The molecule has 2 rings (SSSR count). The van der Waals surface area contributed by atoms with Crippen LogP contribution in [-0.2, 0) is 9.05 Å². The third-order valence-electron chi connectivity index (χ3n) is 2.21. The fourth-order valence-electron chi connectivity index (χ4n) is 1.51. The molecule has 1 aliphatic heterocycles. The van der Waals surface area contributed by atoms with Gasteiger partial charge in [0.1, 0.15) is 12.4 Å². The minimum atomic E-state index is -3.70. The Morgan fingerprint density at radius 3 is 2.75 bits per heavy atom. The van der Waals surface area contributed by atoms with Crippen molar-refractivity contribution < 1.29 is 13.2 Å². The second-order valence-corrected chi connectivity index (χ2v) is 6.98. The lowest BCUT2D eigenvalue weighted by atomic mass is 10.1. The van der Waals surface area contributed by atoms with Crippen LogP contribution in [0.5, 0.6) is 5.75 Å². The molecule has 0 atom stereocenters. The SMILES string of the molecule is Cc1cc(Br)c2c(c1)C=C(S(=O)(=O)Cl)CO2. The number of aryl methyl sites for hydroxylation is 1. The van der Waals surface area contributed by atoms with E-state index < -0.39 is 9.05 Å². The third-order valence-corrected chi connectivity index (χ3v) is 4.25. The molecule has 0 bridgehead atoms. The van der Waals surface area contributed by atoms with E-state index in [2.05, 4.69) is 15.9 Å². The van der Waals surface area contributed by atoms with Gasteiger partial charge in [0.05, 0.1) is 9.38 Å². The van der Waals surface area contributed by atoms with Crippen LogP contribution >= 0.6 is 26.6 Å². The molecule has 0 saturated carbocycles. The lowest BCUT2D eigenvalue weighted by Gasteiger charge is -2.18. The van der Waals surface area contributed by atoms with Gasteiger partial charge in [-0.25, -0.2) is 8.42 Å². The monoisotopic (exact) mass is 322 g/mol. The number of hydrogen-bond acceptors (Lipinski definition) is 3. The van der Waals surface area contributed by atoms with Crippen LogP contribution in [0.4, 0.5) is 0 Å². The van der Waals surface area contributed by atoms with Gasteiger partial charge in [0.15, 0.2) is 0 Å². The van der Waals surface area contributed by atoms with Crippen molar-refractivity contribution in [2.45, 2.75) is 6.92 Å². The number of halogens is 2. The van der Waals surface area contributed by atoms with Crippen LogP contribution in [0, 0.1) is 6.92 Å². The molecule has 1 aromatic carbocycles. The zero-order valence-corrected chi connectivity index (χ0v) is 11.5. The molecule has 3 nitrogen and oxygen atoms in total. The minimum Gasteiger partial charge on any atom is -0.486 e. The fraction of sp³-hybridized carbons (Fsp3) is 0.200. The van der Waals surface area contributed by atoms with E-state index in [0.29, 0.717) is 5.75 Å². The molecule has 0 aromatic heterocycles. The Kier molecular flexibility index (Phi) is 3.03. The topological polar surface area (TPSA) is 43.4 Å². The highest BCUT2D eigenvalue weighted by Gasteiger charge is 2.22. The summed E-state index contributed by atoms with van der Waals surface area (Å²) in [5.41, 5.74) is 1.73. The van der Waals surface area contributed by atoms with E-state index in [1.165, 1.54) is 0 Å². The van der Waals surface area contributed by atoms with E-state index in [1.54, 1.807) is 6.08 Å². The van der Waals surface area contributed by atoms with E-state index in [4.69, 9.17) is 15.4 Å². The lowest BCUT2D eigenvalue weighted by molar-refractivity contribution is 0.351. The zero-order valence-electron chi connectivity index (χ0n) is 8.33. The summed E-state index contributed by atoms with van der Waals surface area (Å²) in [7, 11) is 1.57. The Bertz CT molecular complexity index is 578. The molecule has 0 radical (unpaired) electrons. The summed E-state index contributed by atoms with van der Waals surface area (Å²) >= 11 is 3.37. The van der Waals surface area contributed by atoms with Gasteiger partial charge in [0.25, 0.3) is 9.05 Å². The van der Waals surface area contributed by atoms with Gasteiger partial charge in [-0.05, 0) is 46.6 Å². The Hall–Kier alpha value is -0.520. The molecule has 16 heavy (non-hydrogen) atoms. The van der Waals surface area contributed by atoms with Gasteiger partial charge in [-0.3, -0.25) is 0 Å². The molecular formula is C10H8BrClO3S. The maximum absolute atomic E-state index is 11.2. The summed E-state index contributed by atoms with van der Waals surface area (Å²) < 4.78 is 28.5. The van der Waals surface area contributed by atoms with Crippen molar-refractivity contribution in [2.24, 2.45) is 0 Å². The van der Waals surface area contributed by atoms with Crippen LogP contribution in [0.2, 0.25) is 0 Å². The summed E-state index contributed by atoms with van der Waals surface area (Å²) in [6, 6.07) is 3.76. The second kappa shape index (κ2) is 4.05. The highest BCUT2D eigenvalue weighted by molar-refractivity contribution is 9.10. The molecule has 0 spiro atoms. The van der Waals surface area contributed by atoms with Gasteiger partial charge in [-0.2, -0.15) is 0 Å². The molecule has 1 aliphatic rings. The number of benzene rings is 1. The summed E-state index contributed by atoms with van der Waals surface area (Å²) in [5, 5.41) is 0. The first-order valence-corrected chi connectivity index (χ1v) is 7.56. The summed E-state index contributed by atoms with van der Waals surface area (Å²) in [6.07, 6.45) is 1.54. The highest BCUT2D eigenvalue weighted by atomic mass is 79.9. The van der Waals surface area contributed by atoms with Gasteiger partial charge >= 0.3 is 0 Å². The van der Waals surface area contributed by atoms with Crippen molar-refractivity contribution in [1.29, 1.82) is 0 Å². The third kappa shape index (κ3) is 2.26. The van der Waals surface area contributed by atoms with E-state index in [0.717, 1.165) is 15.6 Å². The van der Waals surface area contributed by atoms with Crippen molar-refractivity contribution in [3.05, 3.63) is 32.6 Å². The van der Waals surface area contributed by atoms with Gasteiger partial charge in [-0.1, -0.05) is 0 Å². The average Bonchev–Trinajstić information content (AvgIpc) is 2.15. The normalized spacial score (nSPS) is 15.1. The molecular weight excluding hydrogens is 316 g/mol. The fourth-order valence-corrected chi connectivity index (χ4v) is 2.95. The predicted octanol–water partition coefficient (Wildman–Crippen LogP) is 3.06. The van der Waals surface area contributed by atoms with E-state index >= 15 is 0 Å². The first kappa shape index (κ1) is 12.0. The minimum absolute atomic E-state index is 0.0273. The maximum atomic E-state index is 11.2. The zero-order chi connectivity index (χ0) is 11.9. The van der Waals surface area contributed by atoms with Crippen LogP contribution in [-0.4, -0.2) is 15.0 Å². The maximum Gasteiger partial charge on any atom is 0.260 e. The molecule has 0 aliphatic carbocycles. The van der Waals surface area contributed by atoms with Gasteiger partial charge in [0.2, 0.25) is 0 Å². The van der Waals surface area contributed by atoms with Crippen LogP contribution in [0.1, 0.15) is 11.1 Å². The predicted molar refractivity (Wildman–Crippen MR) is 67.1 cm³/mol. The summed E-state index contributed by atoms with van der Waals surface area (Å²) in [4.78, 5) is 0.0826. The second-order valence-electron chi connectivity index (χ2n) is 3.50. The Balaban J connectivity index is 2.60. The smallest absolute Gasteiger partial charge is 0.260 e. The first-order valence-electron chi connectivity index (χ1n) is 4.46. The van der Waals surface area contributed by atoms with E-state index in [9.17, 15) is 8.42 Å². The number of rotatable bonds is 1. The molecule has 6 heteroatoms. The van der Waals surface area contributed by atoms with Crippen LogP contribution in [0.25, 0.3) is 6.08 Å². The molecule has 0 unspecified atom stereocenters. The van der Waals surface area contributed by atoms with Crippen molar-refractivity contribution in [2.75, 3.05) is 6.61 Å².